The minimum absolute atomic E-state index is 0.152. The summed E-state index contributed by atoms with van der Waals surface area (Å²) in [5, 5.41) is 8.47. The molecule has 0 bridgehead atoms. The van der Waals surface area contributed by atoms with Gasteiger partial charge in [0.2, 0.25) is 5.91 Å². The summed E-state index contributed by atoms with van der Waals surface area (Å²) in [5.41, 5.74) is 8.25. The van der Waals surface area contributed by atoms with Crippen LogP contribution < -0.4 is 21.7 Å². The van der Waals surface area contributed by atoms with E-state index in [1.165, 1.54) is 0 Å². The van der Waals surface area contributed by atoms with Gasteiger partial charge in [-0.3, -0.25) is 4.79 Å². The third-order valence-corrected chi connectivity index (χ3v) is 4.12. The van der Waals surface area contributed by atoms with Crippen molar-refractivity contribution in [2.75, 3.05) is 10.6 Å². The molecular formula is C21H28N4O2. The maximum atomic E-state index is 12.1. The number of nitrogens with two attached hydrogens (primary N) is 1. The number of anilines is 2. The first-order chi connectivity index (χ1) is 12.8. The third kappa shape index (κ3) is 6.75. The molecule has 2 atom stereocenters. The van der Waals surface area contributed by atoms with Crippen LogP contribution in [-0.4, -0.2) is 18.0 Å². The Kier molecular flexibility index (Phi) is 7.37. The summed E-state index contributed by atoms with van der Waals surface area (Å²) >= 11 is 0. The quantitative estimate of drug-likeness (QED) is 0.597. The van der Waals surface area contributed by atoms with Crippen molar-refractivity contribution in [2.45, 2.75) is 39.3 Å². The molecule has 0 aromatic heterocycles. The summed E-state index contributed by atoms with van der Waals surface area (Å²) in [7, 11) is 0. The Morgan fingerprint density at radius 1 is 0.889 bits per heavy atom. The summed E-state index contributed by atoms with van der Waals surface area (Å²) < 4.78 is 0. The van der Waals surface area contributed by atoms with E-state index in [2.05, 4.69) is 16.0 Å². The van der Waals surface area contributed by atoms with E-state index in [-0.39, 0.29) is 18.0 Å². The molecule has 5 N–H and O–H groups in total. The van der Waals surface area contributed by atoms with Crippen molar-refractivity contribution in [1.82, 2.24) is 5.32 Å². The van der Waals surface area contributed by atoms with Gasteiger partial charge in [0, 0.05) is 11.4 Å². The van der Waals surface area contributed by atoms with E-state index in [1.54, 1.807) is 12.1 Å². The molecule has 144 valence electrons. The van der Waals surface area contributed by atoms with Crippen molar-refractivity contribution in [2.24, 2.45) is 11.7 Å². The highest BCUT2D eigenvalue weighted by Crippen LogP contribution is 2.17. The zero-order chi connectivity index (χ0) is 19.8. The Balaban J connectivity index is 1.88. The third-order valence-electron chi connectivity index (χ3n) is 4.12. The fourth-order valence-electron chi connectivity index (χ4n) is 2.69. The lowest BCUT2D eigenvalue weighted by molar-refractivity contribution is -0.123. The van der Waals surface area contributed by atoms with Gasteiger partial charge in [0.25, 0.3) is 0 Å². The van der Waals surface area contributed by atoms with Gasteiger partial charge in [-0.2, -0.15) is 0 Å². The van der Waals surface area contributed by atoms with Crippen LogP contribution in [0.1, 0.15) is 38.8 Å². The minimum atomic E-state index is -0.505. The number of hydrogen-bond donors (Lipinski definition) is 4. The number of para-hydroxylation sites is 1. The van der Waals surface area contributed by atoms with Gasteiger partial charge in [-0.25, -0.2) is 4.79 Å². The predicted molar refractivity (Wildman–Crippen MR) is 110 cm³/mol. The SMILES string of the molecule is CC(C)C[C@H](N)C(=O)NC(C)c1ccc(NC(=O)Nc2ccccc2)cc1. The zero-order valence-corrected chi connectivity index (χ0v) is 16.0. The maximum Gasteiger partial charge on any atom is 0.323 e. The number of hydrogen-bond acceptors (Lipinski definition) is 3. The number of carbonyl (C=O) groups excluding carboxylic acids is 2. The number of benzene rings is 2. The standard InChI is InChI=1S/C21H28N4O2/c1-14(2)13-19(22)20(26)23-15(3)16-9-11-18(12-10-16)25-21(27)24-17-7-5-4-6-8-17/h4-12,14-15,19H,13,22H2,1-3H3,(H,23,26)(H2,24,25,27)/t15?,19-/m0/s1. The molecule has 0 heterocycles. The fourth-order valence-corrected chi connectivity index (χ4v) is 2.69. The molecule has 2 rings (SSSR count). The molecule has 6 heteroatoms. The van der Waals surface area contributed by atoms with Crippen LogP contribution in [0, 0.1) is 5.92 Å². The Morgan fingerprint density at radius 2 is 1.44 bits per heavy atom. The summed E-state index contributed by atoms with van der Waals surface area (Å²) in [6, 6.07) is 15.6. The van der Waals surface area contributed by atoms with Gasteiger partial charge in [-0.1, -0.05) is 44.2 Å². The number of nitrogens with one attached hydrogen (secondary N) is 3. The monoisotopic (exact) mass is 368 g/mol. The van der Waals surface area contributed by atoms with Crippen LogP contribution in [0.3, 0.4) is 0 Å². The smallest absolute Gasteiger partial charge is 0.323 e. The van der Waals surface area contributed by atoms with E-state index in [4.69, 9.17) is 5.73 Å². The number of carbonyl (C=O) groups is 2. The van der Waals surface area contributed by atoms with E-state index >= 15 is 0 Å². The molecule has 2 aromatic rings. The average molecular weight is 368 g/mol. The number of rotatable bonds is 7. The first-order valence-corrected chi connectivity index (χ1v) is 9.14. The van der Waals surface area contributed by atoms with Crippen LogP contribution in [0.25, 0.3) is 0 Å². The molecule has 0 aliphatic carbocycles. The van der Waals surface area contributed by atoms with Crippen molar-refractivity contribution in [3.05, 3.63) is 60.2 Å². The number of urea groups is 1. The Hall–Kier alpha value is -2.86. The molecular weight excluding hydrogens is 340 g/mol. The summed E-state index contributed by atoms with van der Waals surface area (Å²) in [6.07, 6.45) is 0.651. The molecule has 0 aliphatic rings. The molecule has 6 nitrogen and oxygen atoms in total. The van der Waals surface area contributed by atoms with Crippen molar-refractivity contribution in [3.63, 3.8) is 0 Å². The molecule has 0 spiro atoms. The van der Waals surface area contributed by atoms with Crippen LogP contribution in [-0.2, 0) is 4.79 Å². The summed E-state index contributed by atoms with van der Waals surface area (Å²) in [4.78, 5) is 24.2. The largest absolute Gasteiger partial charge is 0.348 e. The molecule has 2 aromatic carbocycles. The topological polar surface area (TPSA) is 96.2 Å². The van der Waals surface area contributed by atoms with Crippen molar-refractivity contribution in [3.8, 4) is 0 Å². The van der Waals surface area contributed by atoms with Crippen LogP contribution >= 0.6 is 0 Å². The lowest BCUT2D eigenvalue weighted by atomic mass is 10.0. The van der Waals surface area contributed by atoms with Crippen molar-refractivity contribution in [1.29, 1.82) is 0 Å². The first kappa shape index (κ1) is 20.5. The second kappa shape index (κ2) is 9.73. The van der Waals surface area contributed by atoms with Gasteiger partial charge in [-0.15, -0.1) is 0 Å². The molecule has 3 amide bonds. The second-order valence-electron chi connectivity index (χ2n) is 7.03. The van der Waals surface area contributed by atoms with E-state index < -0.39 is 6.04 Å². The van der Waals surface area contributed by atoms with Gasteiger partial charge < -0.3 is 21.7 Å². The average Bonchev–Trinajstić information content (AvgIpc) is 2.62. The number of amides is 3. The highest BCUT2D eigenvalue weighted by molar-refractivity contribution is 5.99. The Bertz CT molecular complexity index is 745. The van der Waals surface area contributed by atoms with Crippen LogP contribution in [0.5, 0.6) is 0 Å². The van der Waals surface area contributed by atoms with Crippen LogP contribution in [0.4, 0.5) is 16.2 Å². The summed E-state index contributed by atoms with van der Waals surface area (Å²) in [5.74, 6) is 0.217. The first-order valence-electron chi connectivity index (χ1n) is 9.14. The van der Waals surface area contributed by atoms with Gasteiger partial charge in [0.05, 0.1) is 12.1 Å². The molecule has 0 radical (unpaired) electrons. The molecule has 27 heavy (non-hydrogen) atoms. The van der Waals surface area contributed by atoms with Crippen molar-refractivity contribution >= 4 is 23.3 Å². The molecule has 0 saturated carbocycles. The van der Waals surface area contributed by atoms with E-state index in [0.717, 1.165) is 11.3 Å². The minimum Gasteiger partial charge on any atom is -0.348 e. The van der Waals surface area contributed by atoms with Crippen LogP contribution in [0.2, 0.25) is 0 Å². The van der Waals surface area contributed by atoms with E-state index in [1.807, 2.05) is 63.2 Å². The predicted octanol–water partition coefficient (Wildman–Crippen LogP) is 3.88. The van der Waals surface area contributed by atoms with Gasteiger partial charge in [0.1, 0.15) is 0 Å². The molecule has 0 saturated heterocycles. The highest BCUT2D eigenvalue weighted by atomic mass is 16.2. The van der Waals surface area contributed by atoms with E-state index in [0.29, 0.717) is 18.0 Å². The normalized spacial score (nSPS) is 12.9. The van der Waals surface area contributed by atoms with Gasteiger partial charge in [0.15, 0.2) is 0 Å². The molecule has 1 unspecified atom stereocenters. The van der Waals surface area contributed by atoms with Gasteiger partial charge >= 0.3 is 6.03 Å². The lowest BCUT2D eigenvalue weighted by Gasteiger charge is -2.19. The van der Waals surface area contributed by atoms with Gasteiger partial charge in [-0.05, 0) is 49.1 Å². The maximum absolute atomic E-state index is 12.1. The highest BCUT2D eigenvalue weighted by Gasteiger charge is 2.17. The second-order valence-corrected chi connectivity index (χ2v) is 7.03. The Morgan fingerprint density at radius 3 is 2.00 bits per heavy atom. The van der Waals surface area contributed by atoms with E-state index in [9.17, 15) is 9.59 Å². The van der Waals surface area contributed by atoms with Crippen molar-refractivity contribution < 1.29 is 9.59 Å². The molecule has 0 fully saturated rings. The zero-order valence-electron chi connectivity index (χ0n) is 16.0. The Labute approximate surface area is 160 Å². The van der Waals surface area contributed by atoms with Crippen LogP contribution in [0.15, 0.2) is 54.6 Å². The summed E-state index contributed by atoms with van der Waals surface area (Å²) in [6.45, 7) is 5.98. The molecule has 0 aliphatic heterocycles. The lowest BCUT2D eigenvalue weighted by Crippen LogP contribution is -2.42. The fraction of sp³-hybridized carbons (Fsp3) is 0.333.